The van der Waals surface area contributed by atoms with Gasteiger partial charge in [-0.3, -0.25) is 0 Å². The number of anilines is 1. The van der Waals surface area contributed by atoms with Gasteiger partial charge in [0.25, 0.3) is 0 Å². The van der Waals surface area contributed by atoms with Crippen LogP contribution in [-0.2, 0) is 14.6 Å². The molecular weight excluding hydrogens is 264 g/mol. The van der Waals surface area contributed by atoms with E-state index in [0.717, 1.165) is 12.8 Å². The molecule has 0 saturated carbocycles. The molecule has 106 valence electrons. The first kappa shape index (κ1) is 14.3. The highest BCUT2D eigenvalue weighted by Crippen LogP contribution is 2.29. The summed E-state index contributed by atoms with van der Waals surface area (Å²) >= 11 is 0. The zero-order valence-electron chi connectivity index (χ0n) is 11.1. The fourth-order valence-electron chi connectivity index (χ4n) is 2.32. The summed E-state index contributed by atoms with van der Waals surface area (Å²) in [5.74, 6) is 0. The van der Waals surface area contributed by atoms with E-state index in [0.29, 0.717) is 30.3 Å². The lowest BCUT2D eigenvalue weighted by Gasteiger charge is -2.38. The lowest BCUT2D eigenvalue weighted by atomic mass is 9.90. The fourth-order valence-corrected chi connectivity index (χ4v) is 3.17. The molecule has 1 saturated heterocycles. The quantitative estimate of drug-likeness (QED) is 0.862. The molecule has 1 aliphatic heterocycles. The molecule has 0 radical (unpaired) electrons. The molecule has 0 spiro atoms. The van der Waals surface area contributed by atoms with Gasteiger partial charge in [-0.25, -0.2) is 8.42 Å². The summed E-state index contributed by atoms with van der Waals surface area (Å²) in [6.45, 7) is 1.74. The monoisotopic (exact) mass is 284 g/mol. The molecule has 0 unspecified atom stereocenters. The van der Waals surface area contributed by atoms with Crippen molar-refractivity contribution in [1.29, 1.82) is 0 Å². The molecule has 2 rings (SSSR count). The molecule has 0 bridgehead atoms. The van der Waals surface area contributed by atoms with E-state index in [1.54, 1.807) is 18.2 Å². The summed E-state index contributed by atoms with van der Waals surface area (Å²) in [6.07, 6.45) is 2.77. The number of nitrogens with one attached hydrogen (secondary N) is 1. The van der Waals surface area contributed by atoms with Gasteiger partial charge >= 0.3 is 0 Å². The Bertz CT molecular complexity index is 537. The molecule has 1 aromatic carbocycles. The van der Waals surface area contributed by atoms with Crippen molar-refractivity contribution in [2.24, 2.45) is 5.73 Å². The third-order valence-corrected chi connectivity index (χ3v) is 4.68. The molecule has 1 heterocycles. The number of ether oxygens (including phenoxy) is 1. The SMILES string of the molecule is CS(=O)(=O)c1ccccc1NC1(CN)CCOCC1. The van der Waals surface area contributed by atoms with Crippen molar-refractivity contribution >= 4 is 15.5 Å². The number of nitrogens with two attached hydrogens (primary N) is 1. The van der Waals surface area contributed by atoms with Crippen molar-refractivity contribution in [3.63, 3.8) is 0 Å². The number of hydrogen-bond acceptors (Lipinski definition) is 5. The standard InChI is InChI=1S/C13H20N2O3S/c1-19(16,17)12-5-3-2-4-11(12)15-13(10-14)6-8-18-9-7-13/h2-5,15H,6-10,14H2,1H3. The summed E-state index contributed by atoms with van der Waals surface area (Å²) in [5, 5.41) is 3.34. The van der Waals surface area contributed by atoms with Gasteiger partial charge < -0.3 is 15.8 Å². The Morgan fingerprint density at radius 1 is 1.32 bits per heavy atom. The van der Waals surface area contributed by atoms with E-state index in [1.165, 1.54) is 6.26 Å². The lowest BCUT2D eigenvalue weighted by molar-refractivity contribution is 0.0627. The Morgan fingerprint density at radius 2 is 1.95 bits per heavy atom. The second kappa shape index (κ2) is 5.48. The van der Waals surface area contributed by atoms with Crippen molar-refractivity contribution < 1.29 is 13.2 Å². The van der Waals surface area contributed by atoms with Gasteiger partial charge in [-0.2, -0.15) is 0 Å². The van der Waals surface area contributed by atoms with Crippen LogP contribution in [0.4, 0.5) is 5.69 Å². The Morgan fingerprint density at radius 3 is 2.53 bits per heavy atom. The maximum absolute atomic E-state index is 11.8. The highest BCUT2D eigenvalue weighted by Gasteiger charge is 2.32. The maximum Gasteiger partial charge on any atom is 0.177 e. The normalized spacial score (nSPS) is 19.1. The number of rotatable bonds is 4. The van der Waals surface area contributed by atoms with Crippen LogP contribution < -0.4 is 11.1 Å². The molecule has 3 N–H and O–H groups in total. The van der Waals surface area contributed by atoms with Gasteiger partial charge in [-0.1, -0.05) is 12.1 Å². The van der Waals surface area contributed by atoms with E-state index >= 15 is 0 Å². The molecule has 0 aliphatic carbocycles. The molecule has 19 heavy (non-hydrogen) atoms. The predicted octanol–water partition coefficient (Wildman–Crippen LogP) is 1.01. The van der Waals surface area contributed by atoms with E-state index in [1.807, 2.05) is 6.07 Å². The Labute approximate surface area is 114 Å². The van der Waals surface area contributed by atoms with Crippen LogP contribution >= 0.6 is 0 Å². The molecule has 0 aromatic heterocycles. The van der Waals surface area contributed by atoms with E-state index in [9.17, 15) is 8.42 Å². The molecule has 1 fully saturated rings. The summed E-state index contributed by atoms with van der Waals surface area (Å²) in [5.41, 5.74) is 6.22. The Hall–Kier alpha value is -1.11. The minimum Gasteiger partial charge on any atom is -0.381 e. The highest BCUT2D eigenvalue weighted by molar-refractivity contribution is 7.90. The largest absolute Gasteiger partial charge is 0.381 e. The zero-order valence-corrected chi connectivity index (χ0v) is 11.9. The van der Waals surface area contributed by atoms with Crippen LogP contribution in [0.1, 0.15) is 12.8 Å². The van der Waals surface area contributed by atoms with Crippen molar-refractivity contribution in [1.82, 2.24) is 0 Å². The average Bonchev–Trinajstić information content (AvgIpc) is 2.39. The molecule has 1 aliphatic rings. The molecular formula is C13H20N2O3S. The fraction of sp³-hybridized carbons (Fsp3) is 0.538. The van der Waals surface area contributed by atoms with Crippen molar-refractivity contribution in [3.8, 4) is 0 Å². The summed E-state index contributed by atoms with van der Waals surface area (Å²) in [7, 11) is -3.25. The number of para-hydroxylation sites is 1. The minimum atomic E-state index is -3.25. The third kappa shape index (κ3) is 3.26. The van der Waals surface area contributed by atoms with Gasteiger partial charge in [0, 0.05) is 26.0 Å². The Balaban J connectivity index is 2.32. The first-order valence-electron chi connectivity index (χ1n) is 6.32. The molecule has 0 atom stereocenters. The Kier molecular flexibility index (Phi) is 4.13. The summed E-state index contributed by atoms with van der Waals surface area (Å²) in [6, 6.07) is 6.94. The van der Waals surface area contributed by atoms with Gasteiger partial charge in [0.15, 0.2) is 9.84 Å². The molecule has 0 amide bonds. The topological polar surface area (TPSA) is 81.4 Å². The lowest BCUT2D eigenvalue weighted by Crippen LogP contribution is -2.49. The number of sulfone groups is 1. The van der Waals surface area contributed by atoms with Crippen LogP contribution in [0.5, 0.6) is 0 Å². The second-order valence-corrected chi connectivity index (χ2v) is 6.97. The van der Waals surface area contributed by atoms with E-state index in [2.05, 4.69) is 5.32 Å². The third-order valence-electron chi connectivity index (χ3n) is 3.53. The number of hydrogen-bond donors (Lipinski definition) is 2. The van der Waals surface area contributed by atoms with Crippen molar-refractivity contribution in [3.05, 3.63) is 24.3 Å². The van der Waals surface area contributed by atoms with Gasteiger partial charge in [-0.15, -0.1) is 0 Å². The maximum atomic E-state index is 11.8. The first-order valence-corrected chi connectivity index (χ1v) is 8.21. The molecule has 5 nitrogen and oxygen atoms in total. The second-order valence-electron chi connectivity index (χ2n) is 4.99. The smallest absolute Gasteiger partial charge is 0.177 e. The van der Waals surface area contributed by atoms with E-state index in [4.69, 9.17) is 10.5 Å². The van der Waals surface area contributed by atoms with Crippen LogP contribution in [0, 0.1) is 0 Å². The van der Waals surface area contributed by atoms with Crippen molar-refractivity contribution in [2.75, 3.05) is 31.3 Å². The first-order chi connectivity index (χ1) is 8.97. The van der Waals surface area contributed by atoms with Crippen molar-refractivity contribution in [2.45, 2.75) is 23.3 Å². The van der Waals surface area contributed by atoms with Crippen LogP contribution in [0.15, 0.2) is 29.2 Å². The summed E-state index contributed by atoms with van der Waals surface area (Å²) < 4.78 is 28.9. The van der Waals surface area contributed by atoms with Gasteiger partial charge in [0.1, 0.15) is 0 Å². The zero-order chi connectivity index (χ0) is 13.9. The van der Waals surface area contributed by atoms with Crippen LogP contribution in [0.3, 0.4) is 0 Å². The average molecular weight is 284 g/mol. The minimum absolute atomic E-state index is 0.279. The molecule has 1 aromatic rings. The van der Waals surface area contributed by atoms with Crippen LogP contribution in [0.2, 0.25) is 0 Å². The highest BCUT2D eigenvalue weighted by atomic mass is 32.2. The van der Waals surface area contributed by atoms with E-state index in [-0.39, 0.29) is 5.54 Å². The van der Waals surface area contributed by atoms with Gasteiger partial charge in [-0.05, 0) is 25.0 Å². The van der Waals surface area contributed by atoms with Crippen LogP contribution in [0.25, 0.3) is 0 Å². The van der Waals surface area contributed by atoms with Gasteiger partial charge in [0.05, 0.1) is 16.1 Å². The van der Waals surface area contributed by atoms with E-state index < -0.39 is 9.84 Å². The van der Waals surface area contributed by atoms with Gasteiger partial charge in [0.2, 0.25) is 0 Å². The predicted molar refractivity (Wildman–Crippen MR) is 75.0 cm³/mol. The van der Waals surface area contributed by atoms with Crippen LogP contribution in [-0.4, -0.2) is 40.0 Å². The summed E-state index contributed by atoms with van der Waals surface area (Å²) in [4.78, 5) is 0.314. The molecule has 6 heteroatoms. The number of benzene rings is 1.